The van der Waals surface area contributed by atoms with E-state index in [0.717, 1.165) is 12.5 Å². The van der Waals surface area contributed by atoms with E-state index in [-0.39, 0.29) is 5.56 Å². The van der Waals surface area contributed by atoms with Gasteiger partial charge in [0.15, 0.2) is 0 Å². The van der Waals surface area contributed by atoms with E-state index in [1.807, 2.05) is 11.0 Å². The molecule has 1 aliphatic rings. The second kappa shape index (κ2) is 6.19. The molecule has 0 amide bonds. The highest BCUT2D eigenvalue weighted by atomic mass is 19.4. The van der Waals surface area contributed by atoms with E-state index in [1.165, 1.54) is 17.7 Å². The van der Waals surface area contributed by atoms with Crippen LogP contribution in [0, 0.1) is 11.3 Å². The summed E-state index contributed by atoms with van der Waals surface area (Å²) in [6, 6.07) is 5.32. The standard InChI is InChI=1S/C15H15F3N2O/c1-21-10-11-4-6-20(7-5-11)13-2-3-14(15(16,17)18)12(8-13)9-19/h2-4,8H,5-7,10H2,1H3. The Morgan fingerprint density at radius 2 is 2.14 bits per heavy atom. The maximum atomic E-state index is 12.8. The van der Waals surface area contributed by atoms with Crippen molar-refractivity contribution in [2.24, 2.45) is 0 Å². The molecule has 1 aliphatic heterocycles. The molecule has 0 bridgehead atoms. The van der Waals surface area contributed by atoms with Crippen LogP contribution < -0.4 is 4.90 Å². The summed E-state index contributed by atoms with van der Waals surface area (Å²) in [4.78, 5) is 1.94. The number of nitriles is 1. The van der Waals surface area contributed by atoms with Gasteiger partial charge in [-0.1, -0.05) is 6.08 Å². The molecule has 3 nitrogen and oxygen atoms in total. The summed E-state index contributed by atoms with van der Waals surface area (Å²) < 4.78 is 43.3. The maximum Gasteiger partial charge on any atom is 0.417 e. The molecule has 0 unspecified atom stereocenters. The van der Waals surface area contributed by atoms with Crippen LogP contribution in [-0.4, -0.2) is 26.8 Å². The fraction of sp³-hybridized carbons (Fsp3) is 0.400. The van der Waals surface area contributed by atoms with Crippen molar-refractivity contribution < 1.29 is 17.9 Å². The molecule has 0 radical (unpaired) electrons. The second-order valence-electron chi connectivity index (χ2n) is 4.83. The Balaban J connectivity index is 2.22. The van der Waals surface area contributed by atoms with Crippen LogP contribution in [0.4, 0.5) is 18.9 Å². The molecule has 0 fully saturated rings. The fourth-order valence-corrected chi connectivity index (χ4v) is 2.33. The molecule has 21 heavy (non-hydrogen) atoms. The van der Waals surface area contributed by atoms with E-state index in [0.29, 0.717) is 25.4 Å². The molecule has 0 saturated heterocycles. The summed E-state index contributed by atoms with van der Waals surface area (Å²) in [6.45, 7) is 1.88. The van der Waals surface area contributed by atoms with Crippen molar-refractivity contribution in [3.63, 3.8) is 0 Å². The molecule has 1 heterocycles. The van der Waals surface area contributed by atoms with E-state index >= 15 is 0 Å². The molecular weight excluding hydrogens is 281 g/mol. The lowest BCUT2D eigenvalue weighted by Gasteiger charge is -2.28. The predicted octanol–water partition coefficient (Wildman–Crippen LogP) is 3.36. The summed E-state index contributed by atoms with van der Waals surface area (Å²) in [5.74, 6) is 0. The smallest absolute Gasteiger partial charge is 0.380 e. The predicted molar refractivity (Wildman–Crippen MR) is 72.9 cm³/mol. The van der Waals surface area contributed by atoms with Crippen molar-refractivity contribution in [1.82, 2.24) is 0 Å². The number of hydrogen-bond donors (Lipinski definition) is 0. The molecule has 1 aromatic carbocycles. The highest BCUT2D eigenvalue weighted by Crippen LogP contribution is 2.34. The molecule has 0 spiro atoms. The Morgan fingerprint density at radius 3 is 2.67 bits per heavy atom. The van der Waals surface area contributed by atoms with Gasteiger partial charge < -0.3 is 9.64 Å². The second-order valence-corrected chi connectivity index (χ2v) is 4.83. The highest BCUT2D eigenvalue weighted by Gasteiger charge is 2.33. The summed E-state index contributed by atoms with van der Waals surface area (Å²) in [5.41, 5.74) is 0.585. The average molecular weight is 296 g/mol. The minimum Gasteiger partial charge on any atom is -0.380 e. The van der Waals surface area contributed by atoms with Gasteiger partial charge in [-0.2, -0.15) is 18.4 Å². The Kier molecular flexibility index (Phi) is 4.53. The van der Waals surface area contributed by atoms with Gasteiger partial charge in [0.1, 0.15) is 0 Å². The van der Waals surface area contributed by atoms with Crippen LogP contribution in [0.25, 0.3) is 0 Å². The van der Waals surface area contributed by atoms with Crippen LogP contribution in [0.3, 0.4) is 0 Å². The largest absolute Gasteiger partial charge is 0.417 e. The fourth-order valence-electron chi connectivity index (χ4n) is 2.33. The first-order valence-electron chi connectivity index (χ1n) is 6.49. The third-order valence-electron chi connectivity index (χ3n) is 3.43. The number of nitrogens with zero attached hydrogens (tertiary/aromatic N) is 2. The average Bonchev–Trinajstić information content (AvgIpc) is 2.47. The third-order valence-corrected chi connectivity index (χ3v) is 3.43. The summed E-state index contributed by atoms with van der Waals surface area (Å²) in [6.07, 6.45) is -1.69. The van der Waals surface area contributed by atoms with Gasteiger partial charge in [-0.3, -0.25) is 0 Å². The van der Waals surface area contributed by atoms with Crippen LogP contribution in [0.1, 0.15) is 17.5 Å². The quantitative estimate of drug-likeness (QED) is 0.802. The van der Waals surface area contributed by atoms with Crippen molar-refractivity contribution in [2.45, 2.75) is 12.6 Å². The lowest BCUT2D eigenvalue weighted by atomic mass is 10.0. The minimum atomic E-state index is -4.50. The van der Waals surface area contributed by atoms with Crippen molar-refractivity contribution in [1.29, 1.82) is 5.26 Å². The van der Waals surface area contributed by atoms with E-state index < -0.39 is 11.7 Å². The monoisotopic (exact) mass is 296 g/mol. The number of halogens is 3. The van der Waals surface area contributed by atoms with Crippen LogP contribution in [0.2, 0.25) is 0 Å². The van der Waals surface area contributed by atoms with E-state index in [4.69, 9.17) is 10.00 Å². The number of alkyl halides is 3. The van der Waals surface area contributed by atoms with Gasteiger partial charge in [0, 0.05) is 25.9 Å². The van der Waals surface area contributed by atoms with Gasteiger partial charge in [0.05, 0.1) is 23.8 Å². The SMILES string of the molecule is COCC1=CCN(c2ccc(C(F)(F)F)c(C#N)c2)CC1. The van der Waals surface area contributed by atoms with Crippen LogP contribution in [-0.2, 0) is 10.9 Å². The number of benzene rings is 1. The maximum absolute atomic E-state index is 12.8. The molecule has 6 heteroatoms. The van der Waals surface area contributed by atoms with Crippen molar-refractivity contribution in [3.05, 3.63) is 41.0 Å². The van der Waals surface area contributed by atoms with Gasteiger partial charge >= 0.3 is 6.18 Å². The topological polar surface area (TPSA) is 36.3 Å². The van der Waals surface area contributed by atoms with Gasteiger partial charge in [0.25, 0.3) is 0 Å². The number of methoxy groups -OCH3 is 1. The highest BCUT2D eigenvalue weighted by molar-refractivity contribution is 5.56. The van der Waals surface area contributed by atoms with Gasteiger partial charge in [-0.25, -0.2) is 0 Å². The lowest BCUT2D eigenvalue weighted by molar-refractivity contribution is -0.137. The first-order valence-corrected chi connectivity index (χ1v) is 6.49. The first-order chi connectivity index (χ1) is 9.95. The Labute approximate surface area is 121 Å². The Bertz CT molecular complexity index is 588. The van der Waals surface area contributed by atoms with E-state index in [1.54, 1.807) is 13.2 Å². The van der Waals surface area contributed by atoms with E-state index in [9.17, 15) is 13.2 Å². The molecular formula is C15H15F3N2O. The number of anilines is 1. The molecule has 112 valence electrons. The zero-order valence-electron chi connectivity index (χ0n) is 11.6. The van der Waals surface area contributed by atoms with Gasteiger partial charge in [0.2, 0.25) is 0 Å². The van der Waals surface area contributed by atoms with E-state index in [2.05, 4.69) is 0 Å². The molecule has 0 N–H and O–H groups in total. The Hall–Kier alpha value is -2.00. The first kappa shape index (κ1) is 15.4. The number of ether oxygens (including phenoxy) is 1. The zero-order valence-corrected chi connectivity index (χ0v) is 11.6. The third kappa shape index (κ3) is 3.56. The molecule has 2 rings (SSSR count). The normalized spacial score (nSPS) is 15.6. The van der Waals surface area contributed by atoms with Crippen LogP contribution >= 0.6 is 0 Å². The zero-order chi connectivity index (χ0) is 15.5. The molecule has 0 aromatic heterocycles. The summed E-state index contributed by atoms with van der Waals surface area (Å²) >= 11 is 0. The number of hydrogen-bond acceptors (Lipinski definition) is 3. The van der Waals surface area contributed by atoms with Crippen molar-refractivity contribution in [2.75, 3.05) is 31.7 Å². The van der Waals surface area contributed by atoms with Crippen molar-refractivity contribution >= 4 is 5.69 Å². The number of rotatable bonds is 3. The molecule has 0 atom stereocenters. The molecule has 0 saturated carbocycles. The summed E-state index contributed by atoms with van der Waals surface area (Å²) in [7, 11) is 1.63. The van der Waals surface area contributed by atoms with Gasteiger partial charge in [-0.05, 0) is 30.2 Å². The molecule has 0 aliphatic carbocycles. The minimum absolute atomic E-state index is 0.341. The molecule has 1 aromatic rings. The lowest BCUT2D eigenvalue weighted by Crippen LogP contribution is -2.29. The van der Waals surface area contributed by atoms with Crippen LogP contribution in [0.15, 0.2) is 29.8 Å². The summed E-state index contributed by atoms with van der Waals surface area (Å²) in [5, 5.41) is 8.92. The van der Waals surface area contributed by atoms with Crippen molar-refractivity contribution in [3.8, 4) is 6.07 Å². The van der Waals surface area contributed by atoms with Gasteiger partial charge in [-0.15, -0.1) is 0 Å². The van der Waals surface area contributed by atoms with Crippen LogP contribution in [0.5, 0.6) is 0 Å². The Morgan fingerprint density at radius 1 is 1.38 bits per heavy atom.